The van der Waals surface area contributed by atoms with Crippen molar-refractivity contribution in [1.29, 1.82) is 0 Å². The quantitative estimate of drug-likeness (QED) is 0.506. The predicted molar refractivity (Wildman–Crippen MR) is 112 cm³/mol. The number of halogens is 1. The van der Waals surface area contributed by atoms with Crippen LogP contribution in [0.1, 0.15) is 60.0 Å². The van der Waals surface area contributed by atoms with Gasteiger partial charge in [0, 0.05) is 21.9 Å². The van der Waals surface area contributed by atoms with Crippen LogP contribution in [-0.2, 0) is 14.3 Å². The van der Waals surface area contributed by atoms with Crippen LogP contribution in [0.4, 0.5) is 5.00 Å². The van der Waals surface area contributed by atoms with Gasteiger partial charge in [-0.25, -0.2) is 0 Å². The van der Waals surface area contributed by atoms with E-state index in [4.69, 9.17) is 16.3 Å². The molecule has 0 unspecified atom stereocenters. The Bertz CT molecular complexity index is 894. The number of aryl methyl sites for hydroxylation is 1. The summed E-state index contributed by atoms with van der Waals surface area (Å²) in [6, 6.07) is 6.63. The molecule has 0 radical (unpaired) electrons. The van der Waals surface area contributed by atoms with Crippen molar-refractivity contribution in [3.05, 3.63) is 50.9 Å². The molecular formula is C21H24ClNO4S. The molecule has 1 N–H and O–H groups in total. The van der Waals surface area contributed by atoms with E-state index in [1.807, 2.05) is 13.8 Å². The summed E-state index contributed by atoms with van der Waals surface area (Å²) < 4.78 is 5.21. The second kappa shape index (κ2) is 8.88. The van der Waals surface area contributed by atoms with Crippen LogP contribution < -0.4 is 5.32 Å². The van der Waals surface area contributed by atoms with E-state index in [0.29, 0.717) is 21.2 Å². The lowest BCUT2D eigenvalue weighted by molar-refractivity contribution is -0.155. The second-order valence-electron chi connectivity index (χ2n) is 7.46. The molecule has 0 aliphatic heterocycles. The van der Waals surface area contributed by atoms with Gasteiger partial charge in [-0.15, -0.1) is 11.3 Å². The first-order valence-corrected chi connectivity index (χ1v) is 10.1. The van der Waals surface area contributed by atoms with E-state index in [0.717, 1.165) is 10.4 Å². The molecule has 1 heterocycles. The fourth-order valence-electron chi connectivity index (χ4n) is 2.53. The fraction of sp³-hybridized carbons (Fsp3) is 0.381. The number of benzene rings is 1. The maximum Gasteiger partial charge on any atom is 0.306 e. The normalized spacial score (nSPS) is 11.2. The van der Waals surface area contributed by atoms with Gasteiger partial charge in [0.15, 0.2) is 5.78 Å². The maximum absolute atomic E-state index is 13.0. The molecule has 0 spiro atoms. The highest BCUT2D eigenvalue weighted by Crippen LogP contribution is 2.34. The third-order valence-corrected chi connectivity index (χ3v) is 5.32. The Labute approximate surface area is 174 Å². The predicted octanol–water partition coefficient (Wildman–Crippen LogP) is 5.31. The summed E-state index contributed by atoms with van der Waals surface area (Å²) in [5.41, 5.74) is 1.20. The molecule has 0 saturated heterocycles. The molecule has 0 bridgehead atoms. The Kier molecular flexibility index (Phi) is 7.01. The van der Waals surface area contributed by atoms with Gasteiger partial charge in [-0.1, -0.05) is 11.6 Å². The molecule has 0 atom stereocenters. The molecule has 28 heavy (non-hydrogen) atoms. The van der Waals surface area contributed by atoms with Crippen LogP contribution in [-0.4, -0.2) is 23.3 Å². The minimum atomic E-state index is -0.590. The van der Waals surface area contributed by atoms with Gasteiger partial charge in [0.05, 0.1) is 12.0 Å². The smallest absolute Gasteiger partial charge is 0.306 e. The summed E-state index contributed by atoms with van der Waals surface area (Å²) in [5.74, 6) is -0.947. The number of thiophene rings is 1. The number of ether oxygens (including phenoxy) is 1. The highest BCUT2D eigenvalue weighted by molar-refractivity contribution is 7.16. The number of hydrogen-bond acceptors (Lipinski definition) is 5. The summed E-state index contributed by atoms with van der Waals surface area (Å²) in [4.78, 5) is 38.0. The average molecular weight is 422 g/mol. The van der Waals surface area contributed by atoms with Crippen LogP contribution in [0.3, 0.4) is 0 Å². The van der Waals surface area contributed by atoms with Crippen molar-refractivity contribution in [1.82, 2.24) is 0 Å². The topological polar surface area (TPSA) is 72.5 Å². The number of amides is 1. The zero-order valence-corrected chi connectivity index (χ0v) is 18.2. The molecular weight excluding hydrogens is 398 g/mol. The Morgan fingerprint density at radius 3 is 2.25 bits per heavy atom. The van der Waals surface area contributed by atoms with E-state index >= 15 is 0 Å². The van der Waals surface area contributed by atoms with Gasteiger partial charge < -0.3 is 10.1 Å². The molecule has 1 amide bonds. The molecule has 1 aromatic carbocycles. The van der Waals surface area contributed by atoms with E-state index in [9.17, 15) is 14.4 Å². The minimum Gasteiger partial charge on any atom is -0.460 e. The number of esters is 1. The van der Waals surface area contributed by atoms with Gasteiger partial charge in [0.25, 0.3) is 0 Å². The average Bonchev–Trinajstić information content (AvgIpc) is 2.85. The summed E-state index contributed by atoms with van der Waals surface area (Å²) in [6.45, 7) is 9.07. The SMILES string of the molecule is Cc1sc(NC(=O)CCC(=O)OC(C)(C)C)c(C(=O)c2ccc(Cl)cc2)c1C. The van der Waals surface area contributed by atoms with Crippen molar-refractivity contribution in [2.24, 2.45) is 0 Å². The van der Waals surface area contributed by atoms with Crippen molar-refractivity contribution in [3.8, 4) is 0 Å². The Morgan fingerprint density at radius 1 is 1.07 bits per heavy atom. The minimum absolute atomic E-state index is 0.0144. The van der Waals surface area contributed by atoms with Crippen LogP contribution in [0, 0.1) is 13.8 Å². The van der Waals surface area contributed by atoms with Crippen molar-refractivity contribution in [2.45, 2.75) is 53.1 Å². The highest BCUT2D eigenvalue weighted by Gasteiger charge is 2.23. The Hall–Kier alpha value is -2.18. The summed E-state index contributed by atoms with van der Waals surface area (Å²) >= 11 is 7.24. The van der Waals surface area contributed by atoms with Gasteiger partial charge in [-0.05, 0) is 64.4 Å². The lowest BCUT2D eigenvalue weighted by Gasteiger charge is -2.19. The molecule has 0 saturated carbocycles. The number of anilines is 1. The Morgan fingerprint density at radius 2 is 1.68 bits per heavy atom. The third-order valence-electron chi connectivity index (χ3n) is 3.95. The van der Waals surface area contributed by atoms with Gasteiger partial charge in [-0.3, -0.25) is 14.4 Å². The van der Waals surface area contributed by atoms with Crippen molar-refractivity contribution >= 4 is 45.6 Å². The number of carbonyl (C=O) groups excluding carboxylic acids is 3. The van der Waals surface area contributed by atoms with Crippen molar-refractivity contribution in [2.75, 3.05) is 5.32 Å². The first-order chi connectivity index (χ1) is 13.0. The summed E-state index contributed by atoms with van der Waals surface area (Å²) in [6.07, 6.45) is -0.0353. The summed E-state index contributed by atoms with van der Waals surface area (Å²) in [7, 11) is 0. The van der Waals surface area contributed by atoms with E-state index in [1.165, 1.54) is 11.3 Å². The monoisotopic (exact) mass is 421 g/mol. The standard InChI is InChI=1S/C21H24ClNO4S/c1-12-13(2)28-20(18(12)19(26)14-6-8-15(22)9-7-14)23-16(24)10-11-17(25)27-21(3,4)5/h6-9H,10-11H2,1-5H3,(H,23,24). The molecule has 5 nitrogen and oxygen atoms in total. The van der Waals surface area contributed by atoms with Crippen LogP contribution in [0.15, 0.2) is 24.3 Å². The highest BCUT2D eigenvalue weighted by atomic mass is 35.5. The number of nitrogens with one attached hydrogen (secondary N) is 1. The van der Waals surface area contributed by atoms with Gasteiger partial charge in [0.2, 0.25) is 5.91 Å². The third kappa shape index (κ3) is 5.91. The van der Waals surface area contributed by atoms with Crippen LogP contribution in [0.5, 0.6) is 0 Å². The number of hydrogen-bond donors (Lipinski definition) is 1. The van der Waals surface area contributed by atoms with E-state index < -0.39 is 11.6 Å². The van der Waals surface area contributed by atoms with Gasteiger partial charge in [0.1, 0.15) is 10.6 Å². The van der Waals surface area contributed by atoms with E-state index in [-0.39, 0.29) is 24.5 Å². The molecule has 1 aromatic heterocycles. The largest absolute Gasteiger partial charge is 0.460 e. The maximum atomic E-state index is 13.0. The van der Waals surface area contributed by atoms with Gasteiger partial charge >= 0.3 is 5.97 Å². The van der Waals surface area contributed by atoms with Gasteiger partial charge in [-0.2, -0.15) is 0 Å². The fourth-order valence-corrected chi connectivity index (χ4v) is 3.73. The second-order valence-corrected chi connectivity index (χ2v) is 9.12. The lowest BCUT2D eigenvalue weighted by atomic mass is 10.0. The van der Waals surface area contributed by atoms with Crippen LogP contribution >= 0.6 is 22.9 Å². The number of rotatable bonds is 6. The molecule has 2 aromatic rings. The molecule has 150 valence electrons. The van der Waals surface area contributed by atoms with Crippen LogP contribution in [0.25, 0.3) is 0 Å². The van der Waals surface area contributed by atoms with E-state index in [1.54, 1.807) is 45.0 Å². The molecule has 0 aliphatic carbocycles. The molecule has 2 rings (SSSR count). The first-order valence-electron chi connectivity index (χ1n) is 8.90. The number of carbonyl (C=O) groups is 3. The van der Waals surface area contributed by atoms with Crippen molar-refractivity contribution in [3.63, 3.8) is 0 Å². The lowest BCUT2D eigenvalue weighted by Crippen LogP contribution is -2.24. The molecule has 0 fully saturated rings. The first kappa shape index (κ1) is 22.1. The summed E-state index contributed by atoms with van der Waals surface area (Å²) in [5, 5.41) is 3.81. The van der Waals surface area contributed by atoms with Crippen LogP contribution in [0.2, 0.25) is 5.02 Å². The molecule has 7 heteroatoms. The van der Waals surface area contributed by atoms with E-state index in [2.05, 4.69) is 5.32 Å². The van der Waals surface area contributed by atoms with Crippen molar-refractivity contribution < 1.29 is 19.1 Å². The Balaban J connectivity index is 2.13. The number of ketones is 1. The molecule has 0 aliphatic rings. The zero-order chi connectivity index (χ0) is 21.1. The zero-order valence-electron chi connectivity index (χ0n) is 16.6.